The van der Waals surface area contributed by atoms with Crippen LogP contribution in [0, 0.1) is 5.41 Å². The summed E-state index contributed by atoms with van der Waals surface area (Å²) in [4.78, 5) is 0. The average Bonchev–Trinajstić information content (AvgIpc) is 2.60. The molecule has 1 aromatic carbocycles. The number of nitrogens with zero attached hydrogens (tertiary/aromatic N) is 1. The Hall–Kier alpha value is -0.950. The largest absolute Gasteiger partial charge is 0.381 e. The van der Waals surface area contributed by atoms with Crippen LogP contribution in [0.25, 0.3) is 0 Å². The summed E-state index contributed by atoms with van der Waals surface area (Å²) in [5, 5.41) is 0. The molecule has 1 aromatic rings. The van der Waals surface area contributed by atoms with Gasteiger partial charge in [-0.1, -0.05) is 30.3 Å². The molecular weight excluding hydrogens is 326 g/mol. The van der Waals surface area contributed by atoms with E-state index >= 15 is 0 Å². The third-order valence-corrected chi connectivity index (χ3v) is 6.93. The van der Waals surface area contributed by atoms with Crippen molar-refractivity contribution in [1.82, 2.24) is 4.31 Å². The lowest BCUT2D eigenvalue weighted by Crippen LogP contribution is -2.58. The Morgan fingerprint density at radius 2 is 2.12 bits per heavy atom. The van der Waals surface area contributed by atoms with Crippen LogP contribution in [0.4, 0.5) is 0 Å². The summed E-state index contributed by atoms with van der Waals surface area (Å²) < 4.78 is 39.1. The summed E-state index contributed by atoms with van der Waals surface area (Å²) in [7, 11) is -3.33. The van der Waals surface area contributed by atoms with Crippen molar-refractivity contribution in [2.45, 2.75) is 38.0 Å². The number of ether oxygens (including phenoxy) is 2. The van der Waals surface area contributed by atoms with Crippen LogP contribution in [0.1, 0.15) is 31.7 Å². The first-order valence-corrected chi connectivity index (χ1v) is 10.4. The number of hydrogen-bond donors (Lipinski definition) is 0. The maximum atomic E-state index is 12.9. The first-order chi connectivity index (χ1) is 11.6. The number of benzene rings is 1. The molecular formula is C18H27NO4S. The quantitative estimate of drug-likeness (QED) is 0.788. The second kappa shape index (κ2) is 7.52. The zero-order valence-electron chi connectivity index (χ0n) is 14.3. The predicted octanol–water partition coefficient (Wildman–Crippen LogP) is 2.42. The van der Waals surface area contributed by atoms with Gasteiger partial charge in [-0.05, 0) is 31.7 Å². The molecule has 2 atom stereocenters. The van der Waals surface area contributed by atoms with Gasteiger partial charge in [0.15, 0.2) is 0 Å². The molecule has 2 aliphatic rings. The van der Waals surface area contributed by atoms with Gasteiger partial charge in [-0.25, -0.2) is 12.7 Å². The number of fused-ring (bicyclic) bond motifs is 1. The fraction of sp³-hybridized carbons (Fsp3) is 0.667. The van der Waals surface area contributed by atoms with Crippen molar-refractivity contribution in [2.24, 2.45) is 5.41 Å². The molecule has 0 amide bonds. The van der Waals surface area contributed by atoms with Gasteiger partial charge in [0.1, 0.15) is 0 Å². The van der Waals surface area contributed by atoms with Crippen molar-refractivity contribution in [1.29, 1.82) is 0 Å². The van der Waals surface area contributed by atoms with Crippen LogP contribution in [-0.4, -0.2) is 51.7 Å². The maximum Gasteiger partial charge on any atom is 0.218 e. The van der Waals surface area contributed by atoms with Crippen LogP contribution in [0.15, 0.2) is 30.3 Å². The van der Waals surface area contributed by atoms with Crippen LogP contribution < -0.4 is 0 Å². The minimum absolute atomic E-state index is 0.0596. The molecule has 0 radical (unpaired) electrons. The van der Waals surface area contributed by atoms with Gasteiger partial charge in [0.25, 0.3) is 0 Å². The second-order valence-electron chi connectivity index (χ2n) is 6.83. The highest BCUT2D eigenvalue weighted by atomic mass is 32.2. The lowest BCUT2D eigenvalue weighted by Gasteiger charge is -2.49. The van der Waals surface area contributed by atoms with E-state index in [0.29, 0.717) is 26.3 Å². The van der Waals surface area contributed by atoms with Crippen molar-refractivity contribution >= 4 is 10.0 Å². The SMILES string of the molecule is CCOC[C@@]12CCCO[C@H]1CCN(S(=O)(=O)Cc1ccccc1)C2. The van der Waals surface area contributed by atoms with Crippen molar-refractivity contribution in [2.75, 3.05) is 32.9 Å². The van der Waals surface area contributed by atoms with E-state index in [1.165, 1.54) is 0 Å². The van der Waals surface area contributed by atoms with E-state index in [1.54, 1.807) is 4.31 Å². The van der Waals surface area contributed by atoms with Crippen LogP contribution in [0.5, 0.6) is 0 Å². The summed E-state index contributed by atoms with van der Waals surface area (Å²) in [5.41, 5.74) is 0.634. The molecule has 0 aromatic heterocycles. The molecule has 2 heterocycles. The van der Waals surface area contributed by atoms with E-state index in [9.17, 15) is 8.42 Å². The zero-order chi connectivity index (χ0) is 17.0. The normalized spacial score (nSPS) is 28.5. The van der Waals surface area contributed by atoms with E-state index in [-0.39, 0.29) is 17.3 Å². The molecule has 134 valence electrons. The fourth-order valence-electron chi connectivity index (χ4n) is 3.88. The molecule has 0 N–H and O–H groups in total. The molecule has 2 aliphatic heterocycles. The van der Waals surface area contributed by atoms with Gasteiger partial charge in [-0.2, -0.15) is 0 Å². The molecule has 2 saturated heterocycles. The number of rotatable bonds is 6. The molecule has 0 spiro atoms. The number of hydrogen-bond acceptors (Lipinski definition) is 4. The Kier molecular flexibility index (Phi) is 5.59. The Bertz CT molecular complexity index is 634. The highest BCUT2D eigenvalue weighted by Gasteiger charge is 2.48. The molecule has 0 saturated carbocycles. The van der Waals surface area contributed by atoms with Crippen LogP contribution in [0.3, 0.4) is 0 Å². The van der Waals surface area contributed by atoms with Crippen molar-refractivity contribution in [3.8, 4) is 0 Å². The van der Waals surface area contributed by atoms with E-state index in [0.717, 1.165) is 31.4 Å². The van der Waals surface area contributed by atoms with Crippen LogP contribution >= 0.6 is 0 Å². The average molecular weight is 353 g/mol. The first-order valence-electron chi connectivity index (χ1n) is 8.77. The third kappa shape index (κ3) is 3.82. The highest BCUT2D eigenvalue weighted by Crippen LogP contribution is 2.41. The first kappa shape index (κ1) is 17.9. The monoisotopic (exact) mass is 353 g/mol. The summed E-state index contributed by atoms with van der Waals surface area (Å²) in [6, 6.07) is 9.39. The van der Waals surface area contributed by atoms with Crippen LogP contribution in [-0.2, 0) is 25.2 Å². The second-order valence-corrected chi connectivity index (χ2v) is 8.80. The van der Waals surface area contributed by atoms with Gasteiger partial charge in [0.2, 0.25) is 10.0 Å². The Morgan fingerprint density at radius 1 is 1.33 bits per heavy atom. The predicted molar refractivity (Wildman–Crippen MR) is 93.2 cm³/mol. The summed E-state index contributed by atoms with van der Waals surface area (Å²) in [5.74, 6) is 0.0596. The number of sulfonamides is 1. The zero-order valence-corrected chi connectivity index (χ0v) is 15.1. The molecule has 0 bridgehead atoms. The minimum Gasteiger partial charge on any atom is -0.381 e. The van der Waals surface area contributed by atoms with Gasteiger partial charge < -0.3 is 9.47 Å². The molecule has 0 aliphatic carbocycles. The van der Waals surface area contributed by atoms with Crippen LogP contribution in [0.2, 0.25) is 0 Å². The minimum atomic E-state index is -3.33. The standard InChI is InChI=1S/C18H27NO4S/c1-2-22-15-18-10-6-12-23-17(18)9-11-19(14-18)24(20,21)13-16-7-4-3-5-8-16/h3-5,7-8,17H,2,6,9-15H2,1H3/t17-,18-/m0/s1. The van der Waals surface area contributed by atoms with Gasteiger partial charge in [0.05, 0.1) is 18.5 Å². The van der Waals surface area contributed by atoms with Crippen molar-refractivity contribution < 1.29 is 17.9 Å². The molecule has 3 rings (SSSR count). The van der Waals surface area contributed by atoms with E-state index in [4.69, 9.17) is 9.47 Å². The Morgan fingerprint density at radius 3 is 2.88 bits per heavy atom. The van der Waals surface area contributed by atoms with Gasteiger partial charge in [0, 0.05) is 31.7 Å². The Labute approximate surface area is 145 Å². The molecule has 5 nitrogen and oxygen atoms in total. The fourth-order valence-corrected chi connectivity index (χ4v) is 5.51. The summed E-state index contributed by atoms with van der Waals surface area (Å²) in [6.07, 6.45) is 2.80. The van der Waals surface area contributed by atoms with E-state index < -0.39 is 10.0 Å². The third-order valence-electron chi connectivity index (χ3n) is 5.13. The van der Waals surface area contributed by atoms with Gasteiger partial charge in [-0.3, -0.25) is 0 Å². The lowest BCUT2D eigenvalue weighted by molar-refractivity contribution is -0.141. The molecule has 0 unspecified atom stereocenters. The van der Waals surface area contributed by atoms with E-state index in [1.807, 2.05) is 37.3 Å². The summed E-state index contributed by atoms with van der Waals surface area (Å²) >= 11 is 0. The lowest BCUT2D eigenvalue weighted by atomic mass is 9.73. The maximum absolute atomic E-state index is 12.9. The molecule has 6 heteroatoms. The van der Waals surface area contributed by atoms with Crippen molar-refractivity contribution in [3.05, 3.63) is 35.9 Å². The number of piperidine rings is 1. The van der Waals surface area contributed by atoms with Gasteiger partial charge >= 0.3 is 0 Å². The summed E-state index contributed by atoms with van der Waals surface area (Å²) in [6.45, 7) is 5.01. The molecule has 2 fully saturated rings. The smallest absolute Gasteiger partial charge is 0.218 e. The molecule has 24 heavy (non-hydrogen) atoms. The van der Waals surface area contributed by atoms with Gasteiger partial charge in [-0.15, -0.1) is 0 Å². The Balaban J connectivity index is 1.76. The van der Waals surface area contributed by atoms with E-state index in [2.05, 4.69) is 0 Å². The van der Waals surface area contributed by atoms with Crippen molar-refractivity contribution in [3.63, 3.8) is 0 Å². The highest BCUT2D eigenvalue weighted by molar-refractivity contribution is 7.88. The topological polar surface area (TPSA) is 55.8 Å².